The molecule has 2 saturated heterocycles. The molecule has 0 N–H and O–H groups in total. The van der Waals surface area contributed by atoms with Gasteiger partial charge in [0.15, 0.2) is 0 Å². The van der Waals surface area contributed by atoms with E-state index in [-0.39, 0.29) is 0 Å². The maximum Gasteiger partial charge on any atom is 0.0897 e. The summed E-state index contributed by atoms with van der Waals surface area (Å²) in [5, 5.41) is 3.42. The summed E-state index contributed by atoms with van der Waals surface area (Å²) in [5.41, 5.74) is 1.27. The third kappa shape index (κ3) is 2.86. The molecule has 0 aliphatic carbocycles. The smallest absolute Gasteiger partial charge is 0.0897 e. The summed E-state index contributed by atoms with van der Waals surface area (Å²) in [7, 11) is 0. The van der Waals surface area contributed by atoms with Crippen molar-refractivity contribution in [3.8, 4) is 0 Å². The molecule has 0 amide bonds. The third-order valence-corrected chi connectivity index (χ3v) is 5.26. The number of thiazole rings is 1. The van der Waals surface area contributed by atoms with Crippen LogP contribution in [0.1, 0.15) is 37.4 Å². The highest BCUT2D eigenvalue weighted by Crippen LogP contribution is 2.33. The lowest BCUT2D eigenvalue weighted by Crippen LogP contribution is -2.37. The molecule has 0 radical (unpaired) electrons. The van der Waals surface area contributed by atoms with Crippen molar-refractivity contribution in [3.05, 3.63) is 16.1 Å². The first-order chi connectivity index (χ1) is 9.13. The Kier molecular flexibility index (Phi) is 3.92. The molecule has 2 atom stereocenters. The van der Waals surface area contributed by atoms with Gasteiger partial charge in [0, 0.05) is 43.6 Å². The Bertz CT molecular complexity index is 429. The standard InChI is InChI=1S/C15H25N3S/c1-11(2)8-17-6-4-15-14(17)5-7-18(15)9-13-10-19-12(3)16-13/h10-11,14-15H,4-9H2,1-3H3/t14-,15+/m0/s1. The van der Waals surface area contributed by atoms with Crippen LogP contribution in [0.3, 0.4) is 0 Å². The van der Waals surface area contributed by atoms with Gasteiger partial charge in [-0.25, -0.2) is 4.98 Å². The summed E-state index contributed by atoms with van der Waals surface area (Å²) >= 11 is 1.77. The number of aryl methyl sites for hydroxylation is 1. The van der Waals surface area contributed by atoms with Crippen LogP contribution in [0.15, 0.2) is 5.38 Å². The molecule has 0 unspecified atom stereocenters. The number of fused-ring (bicyclic) bond motifs is 1. The van der Waals surface area contributed by atoms with Crippen LogP contribution in [0, 0.1) is 12.8 Å². The normalized spacial score (nSPS) is 28.4. The Morgan fingerprint density at radius 3 is 2.58 bits per heavy atom. The van der Waals surface area contributed by atoms with Gasteiger partial charge in [-0.05, 0) is 25.7 Å². The monoisotopic (exact) mass is 279 g/mol. The maximum absolute atomic E-state index is 4.62. The Morgan fingerprint density at radius 2 is 1.95 bits per heavy atom. The average Bonchev–Trinajstić information content (AvgIpc) is 3.00. The van der Waals surface area contributed by atoms with Gasteiger partial charge in [-0.2, -0.15) is 0 Å². The van der Waals surface area contributed by atoms with E-state index in [0.717, 1.165) is 24.5 Å². The molecule has 2 aliphatic rings. The van der Waals surface area contributed by atoms with Crippen molar-refractivity contribution in [2.24, 2.45) is 5.92 Å². The summed E-state index contributed by atoms with van der Waals surface area (Å²) in [6.07, 6.45) is 2.70. The minimum absolute atomic E-state index is 0.778. The van der Waals surface area contributed by atoms with Gasteiger partial charge >= 0.3 is 0 Å². The predicted octanol–water partition coefficient (Wildman–Crippen LogP) is 2.76. The van der Waals surface area contributed by atoms with Crippen LogP contribution in [0.2, 0.25) is 0 Å². The highest BCUT2D eigenvalue weighted by molar-refractivity contribution is 7.09. The van der Waals surface area contributed by atoms with Gasteiger partial charge in [0.1, 0.15) is 0 Å². The van der Waals surface area contributed by atoms with Gasteiger partial charge < -0.3 is 0 Å². The van der Waals surface area contributed by atoms with E-state index in [0.29, 0.717) is 0 Å². The highest BCUT2D eigenvalue weighted by atomic mass is 32.1. The van der Waals surface area contributed by atoms with E-state index >= 15 is 0 Å². The quantitative estimate of drug-likeness (QED) is 0.845. The molecule has 1 aromatic rings. The number of hydrogen-bond acceptors (Lipinski definition) is 4. The van der Waals surface area contributed by atoms with Gasteiger partial charge in [-0.1, -0.05) is 13.8 Å². The van der Waals surface area contributed by atoms with Crippen LogP contribution in [-0.2, 0) is 6.54 Å². The van der Waals surface area contributed by atoms with Gasteiger partial charge in [0.05, 0.1) is 10.7 Å². The average molecular weight is 279 g/mol. The molecule has 0 saturated carbocycles. The van der Waals surface area contributed by atoms with Crippen molar-refractivity contribution in [2.75, 3.05) is 19.6 Å². The summed E-state index contributed by atoms with van der Waals surface area (Å²) in [5.74, 6) is 0.786. The van der Waals surface area contributed by atoms with Crippen LogP contribution < -0.4 is 0 Å². The molecule has 0 bridgehead atoms. The number of hydrogen-bond donors (Lipinski definition) is 0. The first-order valence-electron chi connectivity index (χ1n) is 7.52. The molecule has 3 heterocycles. The van der Waals surface area contributed by atoms with Gasteiger partial charge in [0.2, 0.25) is 0 Å². The fourth-order valence-electron chi connectivity index (χ4n) is 3.75. The molecule has 0 spiro atoms. The van der Waals surface area contributed by atoms with Gasteiger partial charge in [-0.15, -0.1) is 11.3 Å². The SMILES string of the molecule is Cc1nc(CN2CC[C@H]3[C@H]2CCN3CC(C)C)cs1. The zero-order valence-electron chi connectivity index (χ0n) is 12.3. The van der Waals surface area contributed by atoms with Gasteiger partial charge in [-0.3, -0.25) is 9.80 Å². The Morgan fingerprint density at radius 1 is 1.26 bits per heavy atom. The van der Waals surface area contributed by atoms with E-state index < -0.39 is 0 Å². The maximum atomic E-state index is 4.62. The highest BCUT2D eigenvalue weighted by Gasteiger charge is 2.42. The molecular weight excluding hydrogens is 254 g/mol. The van der Waals surface area contributed by atoms with Gasteiger partial charge in [0.25, 0.3) is 0 Å². The first-order valence-corrected chi connectivity index (χ1v) is 8.40. The van der Waals surface area contributed by atoms with Crippen molar-refractivity contribution in [1.29, 1.82) is 0 Å². The second kappa shape index (κ2) is 5.51. The largest absolute Gasteiger partial charge is 0.298 e. The number of aromatic nitrogens is 1. The summed E-state index contributed by atoms with van der Waals surface area (Å²) < 4.78 is 0. The van der Waals surface area contributed by atoms with Crippen molar-refractivity contribution in [2.45, 2.75) is 52.2 Å². The molecule has 3 nitrogen and oxygen atoms in total. The molecule has 106 valence electrons. The number of rotatable bonds is 4. The summed E-state index contributed by atoms with van der Waals surface area (Å²) in [6, 6.07) is 1.59. The third-order valence-electron chi connectivity index (χ3n) is 4.44. The van der Waals surface area contributed by atoms with Crippen LogP contribution in [0.25, 0.3) is 0 Å². The van der Waals surface area contributed by atoms with Crippen LogP contribution in [-0.4, -0.2) is 46.5 Å². The topological polar surface area (TPSA) is 19.4 Å². The zero-order chi connectivity index (χ0) is 13.4. The lowest BCUT2D eigenvalue weighted by Gasteiger charge is -2.26. The summed E-state index contributed by atoms with van der Waals surface area (Å²) in [6.45, 7) is 11.6. The molecule has 3 rings (SSSR count). The van der Waals surface area contributed by atoms with Crippen LogP contribution in [0.5, 0.6) is 0 Å². The van der Waals surface area contributed by atoms with E-state index in [2.05, 4.69) is 40.9 Å². The lowest BCUT2D eigenvalue weighted by molar-refractivity contribution is 0.203. The molecular formula is C15H25N3S. The lowest BCUT2D eigenvalue weighted by atomic mass is 10.1. The molecule has 1 aromatic heterocycles. The number of nitrogens with zero attached hydrogens (tertiary/aromatic N) is 3. The molecule has 19 heavy (non-hydrogen) atoms. The van der Waals surface area contributed by atoms with Crippen molar-refractivity contribution >= 4 is 11.3 Å². The van der Waals surface area contributed by atoms with E-state index in [9.17, 15) is 0 Å². The fraction of sp³-hybridized carbons (Fsp3) is 0.800. The molecule has 4 heteroatoms. The second-order valence-corrected chi connectivity index (χ2v) is 7.49. The van der Waals surface area contributed by atoms with E-state index in [1.807, 2.05) is 0 Å². The fourth-order valence-corrected chi connectivity index (χ4v) is 4.35. The Labute approximate surface area is 120 Å². The van der Waals surface area contributed by atoms with Crippen LogP contribution >= 0.6 is 11.3 Å². The number of likely N-dealkylation sites (tertiary alicyclic amines) is 2. The second-order valence-electron chi connectivity index (χ2n) is 6.43. The Balaban J connectivity index is 1.61. The van der Waals surface area contributed by atoms with Crippen molar-refractivity contribution < 1.29 is 0 Å². The van der Waals surface area contributed by atoms with E-state index in [4.69, 9.17) is 0 Å². The van der Waals surface area contributed by atoms with Crippen molar-refractivity contribution in [1.82, 2.24) is 14.8 Å². The molecule has 0 aromatic carbocycles. The predicted molar refractivity (Wildman–Crippen MR) is 80.5 cm³/mol. The molecule has 2 aliphatic heterocycles. The van der Waals surface area contributed by atoms with E-state index in [1.54, 1.807) is 11.3 Å². The summed E-state index contributed by atoms with van der Waals surface area (Å²) in [4.78, 5) is 10.0. The first kappa shape index (κ1) is 13.5. The molecule has 2 fully saturated rings. The van der Waals surface area contributed by atoms with Crippen LogP contribution in [0.4, 0.5) is 0 Å². The Hall–Kier alpha value is -0.450. The van der Waals surface area contributed by atoms with Crippen molar-refractivity contribution in [3.63, 3.8) is 0 Å². The van der Waals surface area contributed by atoms with E-state index in [1.165, 1.54) is 43.2 Å². The minimum atomic E-state index is 0.778. The minimum Gasteiger partial charge on any atom is -0.298 e. The zero-order valence-corrected chi connectivity index (χ0v) is 13.1.